The van der Waals surface area contributed by atoms with Crippen LogP contribution < -0.4 is 14.8 Å². The van der Waals surface area contributed by atoms with E-state index in [2.05, 4.69) is 10.3 Å². The highest BCUT2D eigenvalue weighted by Gasteiger charge is 2.50. The van der Waals surface area contributed by atoms with E-state index in [0.717, 1.165) is 4.90 Å². The van der Waals surface area contributed by atoms with Crippen LogP contribution in [0.5, 0.6) is 11.5 Å². The molecule has 0 saturated carbocycles. The van der Waals surface area contributed by atoms with E-state index >= 15 is 0 Å². The molecule has 0 radical (unpaired) electrons. The number of allylic oxidation sites excluding steroid dienone is 1. The number of amides is 4. The lowest BCUT2D eigenvalue weighted by Crippen LogP contribution is -2.56. The normalized spacial score (nSPS) is 18.1. The number of amidine groups is 1. The molecule has 0 fully saturated rings. The van der Waals surface area contributed by atoms with Crippen LogP contribution in [0.25, 0.3) is 0 Å². The number of hydrogen-bond donors (Lipinski definition) is 1. The van der Waals surface area contributed by atoms with Gasteiger partial charge >= 0.3 is 11.9 Å². The Balaban J connectivity index is 1.79. The Kier molecular flexibility index (Phi) is 6.14. The van der Waals surface area contributed by atoms with Gasteiger partial charge in [-0.1, -0.05) is 0 Å². The average molecular weight is 415 g/mol. The van der Waals surface area contributed by atoms with Crippen LogP contribution in [-0.2, 0) is 14.3 Å². The number of anilines is 1. The highest BCUT2D eigenvalue weighted by molar-refractivity contribution is 6.16. The second-order valence-electron chi connectivity index (χ2n) is 6.46. The Morgan fingerprint density at radius 1 is 1.23 bits per heavy atom. The number of ether oxygens (including phenoxy) is 3. The predicted octanol–water partition coefficient (Wildman–Crippen LogP) is 1.27. The summed E-state index contributed by atoms with van der Waals surface area (Å²) in [6.45, 7) is 1.69. The zero-order chi connectivity index (χ0) is 21.8. The van der Waals surface area contributed by atoms with Gasteiger partial charge in [0.15, 0.2) is 24.0 Å². The highest BCUT2D eigenvalue weighted by Crippen LogP contribution is 2.30. The van der Waals surface area contributed by atoms with Crippen LogP contribution in [-0.4, -0.2) is 73.8 Å². The number of urea groups is 1. The van der Waals surface area contributed by atoms with Crippen molar-refractivity contribution in [1.29, 1.82) is 0 Å². The zero-order valence-corrected chi connectivity index (χ0v) is 17.2. The summed E-state index contributed by atoms with van der Waals surface area (Å²) in [5, 5.41) is 2.66. The van der Waals surface area contributed by atoms with E-state index in [9.17, 15) is 14.4 Å². The van der Waals surface area contributed by atoms with Crippen molar-refractivity contribution < 1.29 is 33.2 Å². The smallest absolute Gasteiger partial charge is 0.446 e. The van der Waals surface area contributed by atoms with Crippen LogP contribution in [0.1, 0.15) is 6.92 Å². The molecule has 158 valence electrons. The van der Waals surface area contributed by atoms with E-state index in [0.29, 0.717) is 29.6 Å². The van der Waals surface area contributed by atoms with Gasteiger partial charge in [-0.15, -0.1) is 4.99 Å². The maximum Gasteiger partial charge on any atom is 0.446 e. The van der Waals surface area contributed by atoms with E-state index in [4.69, 9.17) is 14.2 Å². The number of methoxy groups -OCH3 is 2. The number of rotatable bonds is 7. The molecule has 1 atom stereocenters. The van der Waals surface area contributed by atoms with Gasteiger partial charge in [0, 0.05) is 17.8 Å². The maximum atomic E-state index is 13.0. The zero-order valence-electron chi connectivity index (χ0n) is 17.2. The molecule has 1 aromatic rings. The number of dihydropyridines is 1. The minimum absolute atomic E-state index is 0.271. The molecule has 1 unspecified atom stereocenters. The maximum absolute atomic E-state index is 13.0. The molecule has 1 aromatic carbocycles. The first-order valence-electron chi connectivity index (χ1n) is 9.26. The van der Waals surface area contributed by atoms with Gasteiger partial charge in [0.25, 0.3) is 11.7 Å². The number of nitrogens with zero attached hydrogens (tertiary/aromatic N) is 3. The molecule has 0 aromatic heterocycles. The van der Waals surface area contributed by atoms with Gasteiger partial charge in [0.05, 0.1) is 27.9 Å². The summed E-state index contributed by atoms with van der Waals surface area (Å²) in [4.78, 5) is 43.3. The fraction of sp³-hybridized carbons (Fsp3) is 0.350. The summed E-state index contributed by atoms with van der Waals surface area (Å²) in [5.41, 5.74) is 0.437. The molecule has 2 aliphatic rings. The lowest BCUT2D eigenvalue weighted by molar-refractivity contribution is -0.408. The predicted molar refractivity (Wildman–Crippen MR) is 108 cm³/mol. The monoisotopic (exact) mass is 415 g/mol. The van der Waals surface area contributed by atoms with Crippen molar-refractivity contribution in [2.75, 3.05) is 39.7 Å². The third-order valence-electron chi connectivity index (χ3n) is 4.64. The quantitative estimate of drug-likeness (QED) is 0.672. The van der Waals surface area contributed by atoms with Gasteiger partial charge in [-0.3, -0.25) is 9.59 Å². The summed E-state index contributed by atoms with van der Waals surface area (Å²) in [7, 11) is 4.49. The molecular formula is C20H23N4O6+. The Morgan fingerprint density at radius 2 is 1.97 bits per heavy atom. The van der Waals surface area contributed by atoms with E-state index in [1.165, 1.54) is 32.1 Å². The van der Waals surface area contributed by atoms with Gasteiger partial charge in [0.2, 0.25) is 0 Å². The minimum atomic E-state index is -0.869. The number of benzene rings is 1. The summed E-state index contributed by atoms with van der Waals surface area (Å²) in [6.07, 6.45) is 3.06. The van der Waals surface area contributed by atoms with Crippen molar-refractivity contribution in [1.82, 2.24) is 4.90 Å². The molecule has 30 heavy (non-hydrogen) atoms. The average Bonchev–Trinajstić information content (AvgIpc) is 2.75. The number of carbonyl (C=O) groups is 3. The van der Waals surface area contributed by atoms with Gasteiger partial charge in [-0.2, -0.15) is 9.48 Å². The second-order valence-corrected chi connectivity index (χ2v) is 6.46. The van der Waals surface area contributed by atoms with E-state index in [1.807, 2.05) is 0 Å². The van der Waals surface area contributed by atoms with E-state index < -0.39 is 30.3 Å². The first kappa shape index (κ1) is 21.0. The fourth-order valence-electron chi connectivity index (χ4n) is 3.23. The highest BCUT2D eigenvalue weighted by atomic mass is 16.5. The third kappa shape index (κ3) is 3.88. The van der Waals surface area contributed by atoms with Crippen molar-refractivity contribution in [3.63, 3.8) is 0 Å². The van der Waals surface area contributed by atoms with Gasteiger partial charge in [-0.05, 0) is 19.1 Å². The molecule has 2 aliphatic heterocycles. The van der Waals surface area contributed by atoms with Crippen LogP contribution in [0.2, 0.25) is 0 Å². The minimum Gasteiger partial charge on any atom is -0.497 e. The summed E-state index contributed by atoms with van der Waals surface area (Å²) < 4.78 is 17.2. The van der Waals surface area contributed by atoms with Crippen LogP contribution in [0, 0.1) is 5.92 Å². The SMILES string of the molecule is CCOC1=CC=NC2=[N+](C)C(=O)N(CC(=O)Nc3ccc(OC)c(OC)c3)C(=O)C12. The van der Waals surface area contributed by atoms with Crippen LogP contribution in [0.3, 0.4) is 0 Å². The lowest BCUT2D eigenvalue weighted by Gasteiger charge is -2.28. The number of nitrogens with one attached hydrogen (secondary N) is 1. The number of carbonyl (C=O) groups excluding carboxylic acids is 3. The molecule has 0 aliphatic carbocycles. The molecule has 0 saturated heterocycles. The standard InChI is InChI=1S/C20H22N4O6/c1-5-30-14-8-9-21-18-17(14)19(26)24(20(27)23(18)2)11-16(25)22-12-6-7-13(28-3)15(10-12)29-4/h6-10,17H,5,11H2,1-4H3/p+1. The Morgan fingerprint density at radius 3 is 2.63 bits per heavy atom. The number of aliphatic imine (C=N–C) groups is 1. The Labute approximate surface area is 173 Å². The molecular weight excluding hydrogens is 392 g/mol. The first-order valence-corrected chi connectivity index (χ1v) is 9.26. The molecule has 1 N–H and O–H groups in total. The van der Waals surface area contributed by atoms with Crippen LogP contribution >= 0.6 is 0 Å². The van der Waals surface area contributed by atoms with Crippen LogP contribution in [0.15, 0.2) is 35.0 Å². The van der Waals surface area contributed by atoms with Crippen molar-refractivity contribution in [3.8, 4) is 11.5 Å². The Bertz CT molecular complexity index is 982. The molecule has 10 nitrogen and oxygen atoms in total. The van der Waals surface area contributed by atoms with E-state index in [-0.39, 0.29) is 5.84 Å². The van der Waals surface area contributed by atoms with E-state index in [1.54, 1.807) is 31.2 Å². The van der Waals surface area contributed by atoms with Gasteiger partial charge in [0.1, 0.15) is 12.0 Å². The molecule has 10 heteroatoms. The van der Waals surface area contributed by atoms with Crippen molar-refractivity contribution in [3.05, 3.63) is 30.0 Å². The fourth-order valence-corrected chi connectivity index (χ4v) is 3.23. The number of imide groups is 1. The second kappa shape index (κ2) is 8.76. The molecule has 0 spiro atoms. The summed E-state index contributed by atoms with van der Waals surface area (Å²) in [6, 6.07) is 4.21. The molecule has 0 bridgehead atoms. The molecule has 4 amide bonds. The molecule has 2 heterocycles. The summed E-state index contributed by atoms with van der Waals surface area (Å²) in [5.74, 6) is -0.369. The summed E-state index contributed by atoms with van der Waals surface area (Å²) >= 11 is 0. The van der Waals surface area contributed by atoms with Crippen molar-refractivity contribution >= 4 is 35.6 Å². The largest absolute Gasteiger partial charge is 0.497 e. The van der Waals surface area contributed by atoms with Crippen molar-refractivity contribution in [2.45, 2.75) is 6.92 Å². The number of hydrogen-bond acceptors (Lipinski definition) is 7. The number of fused-ring (bicyclic) bond motifs is 1. The first-order chi connectivity index (χ1) is 14.4. The Hall–Kier alpha value is -3.69. The molecule has 3 rings (SSSR count). The van der Waals surface area contributed by atoms with Gasteiger partial charge in [-0.25, -0.2) is 4.79 Å². The third-order valence-corrected chi connectivity index (χ3v) is 4.64. The lowest BCUT2D eigenvalue weighted by atomic mass is 9.99. The topological polar surface area (TPSA) is 110 Å². The van der Waals surface area contributed by atoms with Crippen LogP contribution in [0.4, 0.5) is 10.5 Å². The van der Waals surface area contributed by atoms with Crippen molar-refractivity contribution in [2.24, 2.45) is 10.9 Å². The van der Waals surface area contributed by atoms with Gasteiger partial charge < -0.3 is 19.5 Å².